The quantitative estimate of drug-likeness (QED) is 0.716. The first kappa shape index (κ1) is 14.7. The van der Waals surface area contributed by atoms with Gasteiger partial charge in [-0.2, -0.15) is 0 Å². The second-order valence-electron chi connectivity index (χ2n) is 5.20. The fourth-order valence-corrected chi connectivity index (χ4v) is 2.92. The van der Waals surface area contributed by atoms with Crippen LogP contribution in [-0.2, 0) is 0 Å². The van der Waals surface area contributed by atoms with Crippen molar-refractivity contribution < 1.29 is 0 Å². The average molecular weight is 254 g/mol. The molecule has 0 bridgehead atoms. The summed E-state index contributed by atoms with van der Waals surface area (Å²) in [6.07, 6.45) is 2.53. The van der Waals surface area contributed by atoms with Crippen LogP contribution in [0.2, 0.25) is 0 Å². The van der Waals surface area contributed by atoms with Gasteiger partial charge in [-0.1, -0.05) is 19.9 Å². The van der Waals surface area contributed by atoms with Crippen LogP contribution in [0.3, 0.4) is 0 Å². The van der Waals surface area contributed by atoms with Gasteiger partial charge in [0.05, 0.1) is 0 Å². The van der Waals surface area contributed by atoms with Crippen molar-refractivity contribution >= 4 is 11.3 Å². The largest absolute Gasteiger partial charge is 0.309 e. The van der Waals surface area contributed by atoms with Gasteiger partial charge in [0.1, 0.15) is 0 Å². The highest BCUT2D eigenvalue weighted by atomic mass is 32.1. The normalized spacial score (nSPS) is 13.5. The fraction of sp³-hybridized carbons (Fsp3) is 0.714. The van der Waals surface area contributed by atoms with Crippen molar-refractivity contribution in [3.8, 4) is 0 Å². The van der Waals surface area contributed by atoms with E-state index in [2.05, 4.69) is 55.7 Å². The number of nitrogens with zero attached hydrogens (tertiary/aromatic N) is 1. The minimum atomic E-state index is 0.523. The Morgan fingerprint density at radius 1 is 1.29 bits per heavy atom. The van der Waals surface area contributed by atoms with Crippen LogP contribution in [0.25, 0.3) is 0 Å². The Balaban J connectivity index is 2.27. The van der Waals surface area contributed by atoms with Crippen LogP contribution >= 0.6 is 11.3 Å². The Morgan fingerprint density at radius 3 is 2.59 bits per heavy atom. The summed E-state index contributed by atoms with van der Waals surface area (Å²) in [5.41, 5.74) is 0. The van der Waals surface area contributed by atoms with Crippen molar-refractivity contribution in [1.82, 2.24) is 10.2 Å². The molecule has 1 N–H and O–H groups in total. The van der Waals surface area contributed by atoms with Gasteiger partial charge in [0.25, 0.3) is 0 Å². The minimum Gasteiger partial charge on any atom is -0.309 e. The number of thiophene rings is 1. The van der Waals surface area contributed by atoms with Gasteiger partial charge in [-0.15, -0.1) is 11.3 Å². The van der Waals surface area contributed by atoms with Gasteiger partial charge < -0.3 is 10.2 Å². The zero-order chi connectivity index (χ0) is 12.7. The molecular formula is C14H26N2S. The molecule has 1 unspecified atom stereocenters. The highest BCUT2D eigenvalue weighted by Crippen LogP contribution is 2.25. The lowest BCUT2D eigenvalue weighted by atomic mass is 10.0. The van der Waals surface area contributed by atoms with E-state index in [9.17, 15) is 0 Å². The molecule has 0 fully saturated rings. The maximum absolute atomic E-state index is 3.69. The van der Waals surface area contributed by atoms with Crippen molar-refractivity contribution in [2.24, 2.45) is 5.92 Å². The zero-order valence-electron chi connectivity index (χ0n) is 11.6. The molecule has 17 heavy (non-hydrogen) atoms. The van der Waals surface area contributed by atoms with E-state index in [-0.39, 0.29) is 0 Å². The molecule has 2 nitrogen and oxygen atoms in total. The van der Waals surface area contributed by atoms with E-state index in [1.807, 2.05) is 11.3 Å². The molecule has 0 spiro atoms. The van der Waals surface area contributed by atoms with Gasteiger partial charge in [0.2, 0.25) is 0 Å². The van der Waals surface area contributed by atoms with Gasteiger partial charge in [-0.05, 0) is 57.4 Å². The maximum Gasteiger partial charge on any atom is 0.0438 e. The number of hydrogen-bond acceptors (Lipinski definition) is 3. The molecule has 0 aliphatic rings. The van der Waals surface area contributed by atoms with Crippen LogP contribution in [0.15, 0.2) is 17.5 Å². The first-order valence-corrected chi connectivity index (χ1v) is 7.40. The van der Waals surface area contributed by atoms with Crippen LogP contribution in [0.5, 0.6) is 0 Å². The van der Waals surface area contributed by atoms with E-state index in [0.29, 0.717) is 12.0 Å². The fourth-order valence-electron chi connectivity index (χ4n) is 1.94. The van der Waals surface area contributed by atoms with Crippen molar-refractivity contribution in [1.29, 1.82) is 0 Å². The molecule has 0 aromatic carbocycles. The lowest BCUT2D eigenvalue weighted by Gasteiger charge is -2.21. The molecule has 0 saturated carbocycles. The third-order valence-corrected chi connectivity index (χ3v) is 3.87. The summed E-state index contributed by atoms with van der Waals surface area (Å²) in [5.74, 6) is 0.655. The smallest absolute Gasteiger partial charge is 0.0438 e. The van der Waals surface area contributed by atoms with Crippen LogP contribution in [0.4, 0.5) is 0 Å². The Bertz CT molecular complexity index is 280. The van der Waals surface area contributed by atoms with Gasteiger partial charge in [-0.3, -0.25) is 0 Å². The van der Waals surface area contributed by atoms with Crippen LogP contribution < -0.4 is 5.32 Å². The van der Waals surface area contributed by atoms with E-state index < -0.39 is 0 Å². The molecule has 1 rings (SSSR count). The molecule has 1 aromatic rings. The molecule has 0 aliphatic heterocycles. The Kier molecular flexibility index (Phi) is 6.78. The van der Waals surface area contributed by atoms with Crippen LogP contribution in [0.1, 0.15) is 37.6 Å². The summed E-state index contributed by atoms with van der Waals surface area (Å²) >= 11 is 1.86. The van der Waals surface area contributed by atoms with Crippen molar-refractivity contribution in [2.75, 3.05) is 27.2 Å². The van der Waals surface area contributed by atoms with E-state index in [0.717, 1.165) is 6.54 Å². The second-order valence-corrected chi connectivity index (χ2v) is 6.18. The Morgan fingerprint density at radius 2 is 2.06 bits per heavy atom. The second kappa shape index (κ2) is 7.85. The zero-order valence-corrected chi connectivity index (χ0v) is 12.4. The third-order valence-electron chi connectivity index (χ3n) is 2.91. The summed E-state index contributed by atoms with van der Waals surface area (Å²) in [4.78, 5) is 3.71. The third kappa shape index (κ3) is 5.66. The molecule has 0 amide bonds. The number of rotatable bonds is 8. The van der Waals surface area contributed by atoms with Crippen LogP contribution in [0, 0.1) is 5.92 Å². The van der Waals surface area contributed by atoms with Gasteiger partial charge in [-0.25, -0.2) is 0 Å². The maximum atomic E-state index is 3.69. The molecule has 98 valence electrons. The lowest BCUT2D eigenvalue weighted by Crippen LogP contribution is -2.26. The van der Waals surface area contributed by atoms with E-state index in [1.165, 1.54) is 24.3 Å². The number of nitrogens with one attached hydrogen (secondary N) is 1. The lowest BCUT2D eigenvalue weighted by molar-refractivity contribution is 0.374. The number of unbranched alkanes of at least 4 members (excludes halogenated alkanes) is 1. The highest BCUT2D eigenvalue weighted by Gasteiger charge is 2.15. The predicted octanol–water partition coefficient (Wildman–Crippen LogP) is 3.38. The molecule has 1 aromatic heterocycles. The predicted molar refractivity (Wildman–Crippen MR) is 77.7 cm³/mol. The van der Waals surface area contributed by atoms with Crippen molar-refractivity contribution in [3.05, 3.63) is 22.4 Å². The van der Waals surface area contributed by atoms with Crippen molar-refractivity contribution in [2.45, 2.75) is 32.7 Å². The highest BCUT2D eigenvalue weighted by molar-refractivity contribution is 7.10. The summed E-state index contributed by atoms with van der Waals surface area (Å²) in [7, 11) is 4.27. The first-order chi connectivity index (χ1) is 8.11. The van der Waals surface area contributed by atoms with E-state index in [4.69, 9.17) is 0 Å². The molecule has 1 heterocycles. The van der Waals surface area contributed by atoms with Crippen molar-refractivity contribution in [3.63, 3.8) is 0 Å². The number of hydrogen-bond donors (Lipinski definition) is 1. The van der Waals surface area contributed by atoms with Crippen LogP contribution in [-0.4, -0.2) is 32.1 Å². The molecule has 0 radical (unpaired) electrons. The molecular weight excluding hydrogens is 228 g/mol. The molecule has 1 atom stereocenters. The van der Waals surface area contributed by atoms with Gasteiger partial charge in [0, 0.05) is 10.9 Å². The topological polar surface area (TPSA) is 15.3 Å². The molecule has 3 heteroatoms. The monoisotopic (exact) mass is 254 g/mol. The minimum absolute atomic E-state index is 0.523. The standard InChI is InChI=1S/C14H26N2S/c1-12(2)14(13-8-7-11-17-13)15-9-5-6-10-16(3)4/h7-8,11-12,14-15H,5-6,9-10H2,1-4H3. The first-order valence-electron chi connectivity index (χ1n) is 6.52. The summed E-state index contributed by atoms with van der Waals surface area (Å²) in [5, 5.41) is 5.85. The van der Waals surface area contributed by atoms with Gasteiger partial charge >= 0.3 is 0 Å². The summed E-state index contributed by atoms with van der Waals surface area (Å²) in [6, 6.07) is 4.90. The van der Waals surface area contributed by atoms with E-state index >= 15 is 0 Å². The Labute approximate surface area is 110 Å². The SMILES string of the molecule is CC(C)C(NCCCCN(C)C)c1cccs1. The van der Waals surface area contributed by atoms with Gasteiger partial charge in [0.15, 0.2) is 0 Å². The molecule has 0 aliphatic carbocycles. The molecule has 0 saturated heterocycles. The summed E-state index contributed by atoms with van der Waals surface area (Å²) in [6.45, 7) is 6.88. The average Bonchev–Trinajstić information content (AvgIpc) is 2.75. The summed E-state index contributed by atoms with van der Waals surface area (Å²) < 4.78 is 0. The Hall–Kier alpha value is -0.380. The van der Waals surface area contributed by atoms with E-state index in [1.54, 1.807) is 0 Å².